The minimum atomic E-state index is -0.410. The van der Waals surface area contributed by atoms with Gasteiger partial charge in [0.2, 0.25) is 11.9 Å². The molecule has 8 nitrogen and oxygen atoms in total. The highest BCUT2D eigenvalue weighted by Gasteiger charge is 2.25. The van der Waals surface area contributed by atoms with Crippen LogP contribution in [0.3, 0.4) is 0 Å². The Kier molecular flexibility index (Phi) is 6.40. The molecule has 1 aliphatic heterocycles. The van der Waals surface area contributed by atoms with Crippen molar-refractivity contribution in [1.29, 1.82) is 5.26 Å². The van der Waals surface area contributed by atoms with Crippen LogP contribution < -0.4 is 10.2 Å². The van der Waals surface area contributed by atoms with Gasteiger partial charge in [-0.3, -0.25) is 9.36 Å². The zero-order valence-corrected chi connectivity index (χ0v) is 18.2. The molecule has 1 fully saturated rings. The van der Waals surface area contributed by atoms with Crippen LogP contribution in [0.15, 0.2) is 39.4 Å². The van der Waals surface area contributed by atoms with Crippen LogP contribution in [0.4, 0.5) is 10.9 Å². The van der Waals surface area contributed by atoms with Gasteiger partial charge >= 0.3 is 0 Å². The summed E-state index contributed by atoms with van der Waals surface area (Å²) < 4.78 is 7.56. The number of nitrogens with one attached hydrogen (secondary N) is 1. The molecule has 3 aromatic rings. The Morgan fingerprint density at radius 3 is 2.93 bits per heavy atom. The Balaban J connectivity index is 1.53. The molecule has 1 aliphatic rings. The number of piperidine rings is 1. The monoisotopic (exact) mass is 442 g/mol. The van der Waals surface area contributed by atoms with Crippen LogP contribution in [0.25, 0.3) is 0 Å². The highest BCUT2D eigenvalue weighted by atomic mass is 32.2. The maximum atomic E-state index is 12.7. The molecular weight excluding hydrogens is 420 g/mol. The van der Waals surface area contributed by atoms with Crippen molar-refractivity contribution in [3.63, 3.8) is 0 Å². The van der Waals surface area contributed by atoms with Crippen LogP contribution in [0.5, 0.6) is 0 Å². The number of amides is 1. The predicted octanol–water partition coefficient (Wildman–Crippen LogP) is 3.96. The molecule has 1 atom stereocenters. The first-order chi connectivity index (χ1) is 14.7. The normalized spacial score (nSPS) is 15.0. The van der Waals surface area contributed by atoms with Crippen LogP contribution in [0, 0.1) is 11.3 Å². The second-order valence-corrected chi connectivity index (χ2v) is 9.24. The Bertz CT molecular complexity index is 1030. The molecule has 1 N–H and O–H groups in total. The summed E-state index contributed by atoms with van der Waals surface area (Å²) in [5.41, 5.74) is 0.471. The third kappa shape index (κ3) is 4.52. The van der Waals surface area contributed by atoms with E-state index in [1.54, 1.807) is 17.7 Å². The summed E-state index contributed by atoms with van der Waals surface area (Å²) in [4.78, 5) is 14.9. The first kappa shape index (κ1) is 20.5. The molecule has 4 rings (SSSR count). The summed E-state index contributed by atoms with van der Waals surface area (Å²) in [6.07, 6.45) is 5.15. The van der Waals surface area contributed by atoms with E-state index >= 15 is 0 Å². The van der Waals surface area contributed by atoms with E-state index in [0.29, 0.717) is 22.3 Å². The summed E-state index contributed by atoms with van der Waals surface area (Å²) in [5, 5.41) is 23.4. The van der Waals surface area contributed by atoms with Crippen LogP contribution in [-0.2, 0) is 11.3 Å². The van der Waals surface area contributed by atoms with Crippen molar-refractivity contribution in [2.75, 3.05) is 23.3 Å². The number of rotatable bonds is 7. The highest BCUT2D eigenvalue weighted by Crippen LogP contribution is 2.30. The van der Waals surface area contributed by atoms with Gasteiger partial charge in [-0.05, 0) is 49.8 Å². The summed E-state index contributed by atoms with van der Waals surface area (Å²) in [6, 6.07) is 7.57. The van der Waals surface area contributed by atoms with Crippen LogP contribution >= 0.6 is 23.1 Å². The number of nitrogens with zero attached hydrogens (tertiary/aromatic N) is 5. The number of thioether (sulfide) groups is 1. The standard InChI is InChI=1S/C20H22N6O2S2/c1-14(17(27)22-18-15(12-21)7-11-29-18)30-20-24-23-19(25-8-3-2-4-9-25)26(20)13-16-6-5-10-28-16/h5-7,10-11,14H,2-4,8-9,13H2,1H3,(H,22,27). The van der Waals surface area contributed by atoms with Crippen molar-refractivity contribution in [3.8, 4) is 6.07 Å². The van der Waals surface area contributed by atoms with Crippen molar-refractivity contribution in [2.45, 2.75) is 43.1 Å². The molecule has 30 heavy (non-hydrogen) atoms. The molecule has 1 saturated heterocycles. The van der Waals surface area contributed by atoms with E-state index in [4.69, 9.17) is 9.68 Å². The number of thiophene rings is 1. The minimum absolute atomic E-state index is 0.175. The smallest absolute Gasteiger partial charge is 0.238 e. The van der Waals surface area contributed by atoms with Gasteiger partial charge in [-0.1, -0.05) is 11.8 Å². The molecule has 1 amide bonds. The Labute approximate surface area is 182 Å². The van der Waals surface area contributed by atoms with Gasteiger partial charge in [0.1, 0.15) is 16.8 Å². The van der Waals surface area contributed by atoms with Gasteiger partial charge in [0.25, 0.3) is 0 Å². The molecule has 0 radical (unpaired) electrons. The van der Waals surface area contributed by atoms with Crippen molar-refractivity contribution in [3.05, 3.63) is 41.2 Å². The SMILES string of the molecule is CC(Sc1nnc(N2CCCCC2)n1Cc1ccco1)C(=O)Nc1sccc1C#N. The molecule has 4 heterocycles. The van der Waals surface area contributed by atoms with Gasteiger partial charge in [-0.2, -0.15) is 5.26 Å². The molecule has 3 aromatic heterocycles. The number of nitriles is 1. The number of carbonyl (C=O) groups is 1. The van der Waals surface area contributed by atoms with E-state index in [9.17, 15) is 4.79 Å². The quantitative estimate of drug-likeness (QED) is 0.553. The number of carbonyl (C=O) groups excluding carboxylic acids is 1. The molecule has 0 spiro atoms. The second kappa shape index (κ2) is 9.36. The topological polar surface area (TPSA) is 100.0 Å². The Morgan fingerprint density at radius 2 is 2.20 bits per heavy atom. The van der Waals surface area contributed by atoms with Gasteiger partial charge in [0, 0.05) is 13.1 Å². The third-order valence-corrected chi connectivity index (χ3v) is 6.81. The molecule has 0 aromatic carbocycles. The fourth-order valence-electron chi connectivity index (χ4n) is 3.31. The third-order valence-electron chi connectivity index (χ3n) is 4.90. The van der Waals surface area contributed by atoms with Crippen molar-refractivity contribution < 1.29 is 9.21 Å². The maximum Gasteiger partial charge on any atom is 0.238 e. The summed E-state index contributed by atoms with van der Waals surface area (Å²) >= 11 is 2.69. The Morgan fingerprint density at radius 1 is 1.37 bits per heavy atom. The van der Waals surface area contributed by atoms with Crippen molar-refractivity contribution >= 4 is 40.0 Å². The number of aromatic nitrogens is 3. The zero-order chi connectivity index (χ0) is 20.9. The lowest BCUT2D eigenvalue weighted by Gasteiger charge is -2.27. The van der Waals surface area contributed by atoms with Crippen molar-refractivity contribution in [1.82, 2.24) is 14.8 Å². The van der Waals surface area contributed by atoms with Gasteiger partial charge in [-0.25, -0.2) is 0 Å². The Hall–Kier alpha value is -2.77. The van der Waals surface area contributed by atoms with E-state index in [1.807, 2.05) is 23.6 Å². The maximum absolute atomic E-state index is 12.7. The summed E-state index contributed by atoms with van der Waals surface area (Å²) in [6.45, 7) is 4.23. The highest BCUT2D eigenvalue weighted by molar-refractivity contribution is 8.00. The number of furan rings is 1. The largest absolute Gasteiger partial charge is 0.467 e. The first-order valence-electron chi connectivity index (χ1n) is 9.81. The summed E-state index contributed by atoms with van der Waals surface area (Å²) in [7, 11) is 0. The average molecular weight is 443 g/mol. The molecule has 10 heteroatoms. The van der Waals surface area contributed by atoms with Crippen LogP contribution in [0.1, 0.15) is 37.5 Å². The van der Waals surface area contributed by atoms with E-state index in [0.717, 1.165) is 37.6 Å². The first-order valence-corrected chi connectivity index (χ1v) is 11.6. The lowest BCUT2D eigenvalue weighted by Crippen LogP contribution is -2.32. The van der Waals surface area contributed by atoms with Crippen molar-refractivity contribution in [2.24, 2.45) is 0 Å². The summed E-state index contributed by atoms with van der Waals surface area (Å²) in [5.74, 6) is 1.45. The number of hydrogen-bond donors (Lipinski definition) is 1. The zero-order valence-electron chi connectivity index (χ0n) is 16.6. The molecule has 1 unspecified atom stereocenters. The van der Waals surface area contributed by atoms with Gasteiger partial charge in [0.05, 0.1) is 23.6 Å². The van der Waals surface area contributed by atoms with Gasteiger partial charge < -0.3 is 14.6 Å². The number of anilines is 2. The fourth-order valence-corrected chi connectivity index (χ4v) is 4.90. The van der Waals surface area contributed by atoms with E-state index < -0.39 is 5.25 Å². The van der Waals surface area contributed by atoms with E-state index in [2.05, 4.69) is 26.5 Å². The van der Waals surface area contributed by atoms with E-state index in [1.165, 1.54) is 29.5 Å². The molecule has 0 saturated carbocycles. The molecule has 0 bridgehead atoms. The fraction of sp³-hybridized carbons (Fsp3) is 0.400. The van der Waals surface area contributed by atoms with Crippen LogP contribution in [-0.4, -0.2) is 39.0 Å². The molecule has 156 valence electrons. The lowest BCUT2D eigenvalue weighted by atomic mass is 10.1. The van der Waals surface area contributed by atoms with E-state index in [-0.39, 0.29) is 5.91 Å². The van der Waals surface area contributed by atoms with Gasteiger partial charge in [0.15, 0.2) is 5.16 Å². The predicted molar refractivity (Wildman–Crippen MR) is 117 cm³/mol. The average Bonchev–Trinajstić information content (AvgIpc) is 3.51. The minimum Gasteiger partial charge on any atom is -0.467 e. The lowest BCUT2D eigenvalue weighted by molar-refractivity contribution is -0.115. The van der Waals surface area contributed by atoms with Crippen LogP contribution in [0.2, 0.25) is 0 Å². The number of hydrogen-bond acceptors (Lipinski definition) is 8. The molecular formula is C20H22N6O2S2. The van der Waals surface area contributed by atoms with Gasteiger partial charge in [-0.15, -0.1) is 21.5 Å². The molecule has 0 aliphatic carbocycles. The second-order valence-electron chi connectivity index (χ2n) is 7.02.